The van der Waals surface area contributed by atoms with Crippen LogP contribution < -0.4 is 0 Å². The van der Waals surface area contributed by atoms with Crippen molar-refractivity contribution in [3.05, 3.63) is 152 Å². The topological polar surface area (TPSA) is 169 Å². The maximum Gasteiger partial charge on any atom is 0.204 e. The Kier molecular flexibility index (Phi) is 7.03. The molecular formula is C36H12F2N6O2. The van der Waals surface area contributed by atoms with Crippen molar-refractivity contribution in [1.29, 1.82) is 31.6 Å². The average Bonchev–Trinajstić information content (AvgIpc) is 3.87. The van der Waals surface area contributed by atoms with Crippen LogP contribution in [0.1, 0.15) is 45.3 Å². The van der Waals surface area contributed by atoms with Crippen molar-refractivity contribution in [1.82, 2.24) is 0 Å². The lowest BCUT2D eigenvalue weighted by atomic mass is 9.87. The van der Waals surface area contributed by atoms with Gasteiger partial charge < -0.3 is 8.83 Å². The van der Waals surface area contributed by atoms with Crippen molar-refractivity contribution in [2.75, 3.05) is 0 Å². The highest BCUT2D eigenvalue weighted by molar-refractivity contribution is 6.12. The van der Waals surface area contributed by atoms with E-state index in [1.165, 1.54) is 36.4 Å². The second-order valence-corrected chi connectivity index (χ2v) is 9.82. The molecule has 8 nitrogen and oxygen atoms in total. The third-order valence-corrected chi connectivity index (χ3v) is 7.38. The number of rotatable bonds is 4. The standard InChI is InChI=1S/C36H12F2N6O2/c37-21-1-5-25(19(9-21)13-39)27-11-29-30(35(27)31(17-43)33-7-3-23(15-41)45-33)12-28(26-6-2-22(38)10-20(26)14-40)36(29)32(18-44)34-8-4-24(16-42)46-34/h1-12H/b35-31-,36-32-. The highest BCUT2D eigenvalue weighted by Crippen LogP contribution is 2.54. The van der Waals surface area contributed by atoms with Crippen LogP contribution in [0.5, 0.6) is 0 Å². The Hall–Kier alpha value is -7.50. The third-order valence-electron chi connectivity index (χ3n) is 7.38. The highest BCUT2D eigenvalue weighted by atomic mass is 19.1. The monoisotopic (exact) mass is 598 g/mol. The molecule has 0 unspecified atom stereocenters. The molecular weight excluding hydrogens is 586 g/mol. The normalized spacial score (nSPS) is 15.3. The summed E-state index contributed by atoms with van der Waals surface area (Å²) in [4.78, 5) is 0. The molecule has 212 valence electrons. The van der Waals surface area contributed by atoms with Crippen LogP contribution in [-0.2, 0) is 0 Å². The molecule has 0 saturated carbocycles. The molecule has 0 atom stereocenters. The van der Waals surface area contributed by atoms with Gasteiger partial charge >= 0.3 is 0 Å². The molecule has 0 radical (unpaired) electrons. The van der Waals surface area contributed by atoms with Gasteiger partial charge in [-0.25, -0.2) is 8.78 Å². The number of nitrogens with zero attached hydrogens (tertiary/aromatic N) is 6. The van der Waals surface area contributed by atoms with Gasteiger partial charge in [-0.1, -0.05) is 12.1 Å². The Bertz CT molecular complexity index is 2290. The average molecular weight is 599 g/mol. The number of nitriles is 6. The fraction of sp³-hybridized carbons (Fsp3) is 0. The number of furan rings is 2. The first-order valence-corrected chi connectivity index (χ1v) is 13.2. The summed E-state index contributed by atoms with van der Waals surface area (Å²) in [5, 5.41) is 59.5. The molecule has 2 aromatic carbocycles. The molecule has 0 bridgehead atoms. The zero-order valence-electron chi connectivity index (χ0n) is 23.2. The van der Waals surface area contributed by atoms with E-state index in [-0.39, 0.29) is 67.6 Å². The largest absolute Gasteiger partial charge is 0.445 e. The lowest BCUT2D eigenvalue weighted by Crippen LogP contribution is -1.99. The quantitative estimate of drug-likeness (QED) is 0.219. The molecule has 2 heterocycles. The van der Waals surface area contributed by atoms with Gasteiger partial charge in [-0.05, 0) is 83.0 Å². The van der Waals surface area contributed by atoms with Gasteiger partial charge in [0.05, 0.1) is 23.3 Å². The highest BCUT2D eigenvalue weighted by Gasteiger charge is 2.37. The second-order valence-electron chi connectivity index (χ2n) is 9.82. The molecule has 0 spiro atoms. The van der Waals surface area contributed by atoms with Gasteiger partial charge in [0.25, 0.3) is 0 Å². The molecule has 0 amide bonds. The van der Waals surface area contributed by atoms with Crippen molar-refractivity contribution in [3.63, 3.8) is 0 Å². The summed E-state index contributed by atoms with van der Waals surface area (Å²) < 4.78 is 39.7. The molecule has 0 fully saturated rings. The molecule has 0 aliphatic heterocycles. The maximum atomic E-state index is 14.2. The molecule has 4 aromatic rings. The van der Waals surface area contributed by atoms with E-state index in [2.05, 4.69) is 12.1 Å². The lowest BCUT2D eigenvalue weighted by Gasteiger charge is -2.15. The zero-order chi connectivity index (χ0) is 32.5. The minimum absolute atomic E-state index is 0.0337. The van der Waals surface area contributed by atoms with Crippen molar-refractivity contribution >= 4 is 22.3 Å². The van der Waals surface area contributed by atoms with Gasteiger partial charge in [0.2, 0.25) is 11.5 Å². The molecule has 0 N–H and O–H groups in total. The minimum Gasteiger partial charge on any atom is -0.445 e. The molecule has 2 aliphatic carbocycles. The Morgan fingerprint density at radius 2 is 0.935 bits per heavy atom. The van der Waals surface area contributed by atoms with Gasteiger partial charge in [-0.2, -0.15) is 31.6 Å². The van der Waals surface area contributed by atoms with Gasteiger partial charge in [-0.15, -0.1) is 0 Å². The van der Waals surface area contributed by atoms with Gasteiger partial charge in [-0.3, -0.25) is 0 Å². The van der Waals surface area contributed by atoms with E-state index in [0.29, 0.717) is 22.3 Å². The van der Waals surface area contributed by atoms with E-state index < -0.39 is 11.6 Å². The van der Waals surface area contributed by atoms with Crippen molar-refractivity contribution < 1.29 is 17.6 Å². The van der Waals surface area contributed by atoms with Crippen LogP contribution in [0.15, 0.2) is 104 Å². The molecule has 0 saturated heterocycles. The summed E-state index contributed by atoms with van der Waals surface area (Å²) in [6.45, 7) is 0. The van der Waals surface area contributed by atoms with E-state index in [9.17, 15) is 40.4 Å². The van der Waals surface area contributed by atoms with Gasteiger partial charge in [0, 0.05) is 22.3 Å². The molecule has 10 heteroatoms. The second kappa shape index (κ2) is 11.3. The van der Waals surface area contributed by atoms with E-state index in [0.717, 1.165) is 24.3 Å². The molecule has 2 aliphatic rings. The summed E-state index contributed by atoms with van der Waals surface area (Å²) >= 11 is 0. The van der Waals surface area contributed by atoms with Crippen LogP contribution in [0.2, 0.25) is 0 Å². The first-order valence-electron chi connectivity index (χ1n) is 13.2. The van der Waals surface area contributed by atoms with Crippen LogP contribution in [-0.4, -0.2) is 0 Å². The fourth-order valence-corrected chi connectivity index (χ4v) is 5.48. The Balaban J connectivity index is 1.75. The summed E-state index contributed by atoms with van der Waals surface area (Å²) in [5.74, 6) is -1.37. The minimum atomic E-state index is -0.656. The van der Waals surface area contributed by atoms with Crippen molar-refractivity contribution in [2.45, 2.75) is 0 Å². The molecule has 46 heavy (non-hydrogen) atoms. The predicted molar refractivity (Wildman–Crippen MR) is 157 cm³/mol. The van der Waals surface area contributed by atoms with Crippen molar-refractivity contribution in [2.24, 2.45) is 0 Å². The summed E-state index contributed by atoms with van der Waals surface area (Å²) in [6, 6.07) is 24.8. The first kappa shape index (κ1) is 28.6. The van der Waals surface area contributed by atoms with Crippen molar-refractivity contribution in [3.8, 4) is 36.4 Å². The van der Waals surface area contributed by atoms with E-state index in [1.54, 1.807) is 12.2 Å². The predicted octanol–water partition coefficient (Wildman–Crippen LogP) is 7.38. The number of halogens is 2. The number of hydrogen-bond acceptors (Lipinski definition) is 8. The van der Waals surface area contributed by atoms with Crippen LogP contribution in [0.25, 0.3) is 22.3 Å². The summed E-state index contributed by atoms with van der Waals surface area (Å²) in [5.41, 5.74) is 2.23. The van der Waals surface area contributed by atoms with Crippen LogP contribution >= 0.6 is 0 Å². The lowest BCUT2D eigenvalue weighted by molar-refractivity contribution is 0.540. The first-order chi connectivity index (χ1) is 22.3. The van der Waals surface area contributed by atoms with Crippen LogP contribution in [0.4, 0.5) is 8.78 Å². The maximum absolute atomic E-state index is 14.2. The van der Waals surface area contributed by atoms with E-state index >= 15 is 0 Å². The summed E-state index contributed by atoms with van der Waals surface area (Å²) in [7, 11) is 0. The zero-order valence-corrected chi connectivity index (χ0v) is 23.2. The molecule has 2 aromatic heterocycles. The number of allylic oxidation sites excluding steroid dienone is 10. The fourth-order valence-electron chi connectivity index (χ4n) is 5.48. The Morgan fingerprint density at radius 1 is 0.522 bits per heavy atom. The van der Waals surface area contributed by atoms with Crippen LogP contribution in [0.3, 0.4) is 0 Å². The van der Waals surface area contributed by atoms with Gasteiger partial charge in [0.15, 0.2) is 0 Å². The van der Waals surface area contributed by atoms with Gasteiger partial charge in [0.1, 0.15) is 58.6 Å². The number of hydrogen-bond donors (Lipinski definition) is 0. The Morgan fingerprint density at radius 3 is 1.26 bits per heavy atom. The van der Waals surface area contributed by atoms with Crippen LogP contribution in [0, 0.1) is 79.6 Å². The number of benzene rings is 2. The summed E-state index contributed by atoms with van der Waals surface area (Å²) in [6.07, 6.45) is 3.23. The van der Waals surface area contributed by atoms with E-state index in [4.69, 9.17) is 8.83 Å². The SMILES string of the molecule is N#C/C(=C1\C(c2ccc(F)cc2C#N)=CC2=C1C=C(c1ccc(F)cc1C#N)/C2=C(\C#N)c1ccc(C#N)o1)c1ccc(C#N)o1. The third kappa shape index (κ3) is 4.55. The smallest absolute Gasteiger partial charge is 0.204 e. The molecule has 6 rings (SSSR count). The van der Waals surface area contributed by atoms with E-state index in [1.807, 2.05) is 24.3 Å². The Labute approximate surface area is 259 Å².